The van der Waals surface area contributed by atoms with Gasteiger partial charge < -0.3 is 72.7 Å². The van der Waals surface area contributed by atoms with Crippen molar-refractivity contribution in [3.63, 3.8) is 0 Å². The quantitative estimate of drug-likeness (QED) is 0.0976. The number of hydrogen-bond donors (Lipinski definition) is 10. The van der Waals surface area contributed by atoms with Gasteiger partial charge in [-0.3, -0.25) is 19.3 Å². The van der Waals surface area contributed by atoms with Gasteiger partial charge in [0.1, 0.15) is 42.7 Å². The van der Waals surface area contributed by atoms with Crippen LogP contribution in [0, 0.1) is 0 Å². The lowest BCUT2D eigenvalue weighted by atomic mass is 9.83. The van der Waals surface area contributed by atoms with E-state index < -0.39 is 104 Å². The third-order valence-corrected chi connectivity index (χ3v) is 9.43. The number of ether oxygens (including phenoxy) is 4. The summed E-state index contributed by atoms with van der Waals surface area (Å²) in [6, 6.07) is 2.38. The van der Waals surface area contributed by atoms with Crippen molar-refractivity contribution in [3.05, 3.63) is 35.4 Å². The third kappa shape index (κ3) is 7.41. The molecule has 0 aromatic heterocycles. The Morgan fingerprint density at radius 2 is 1.58 bits per heavy atom. The number of carbonyl (C=O) groups excluding carboxylic acids is 3. The van der Waals surface area contributed by atoms with Gasteiger partial charge in [-0.05, 0) is 31.4 Å². The number of aliphatic hydroxyl groups is 5. The highest BCUT2D eigenvalue weighted by Crippen LogP contribution is 2.32. The second kappa shape index (κ2) is 15.5. The third-order valence-electron chi connectivity index (χ3n) is 9.43. The molecule has 0 spiro atoms. The molecule has 1 aromatic carbocycles. The van der Waals surface area contributed by atoms with Gasteiger partial charge in [0.2, 0.25) is 5.91 Å². The molecule has 2 saturated heterocycles. The van der Waals surface area contributed by atoms with Gasteiger partial charge in [0.05, 0.1) is 42.0 Å². The number of hydrogen-bond acceptors (Lipinski definition) is 16. The number of carbonyl (C=O) groups is 3. The van der Waals surface area contributed by atoms with Crippen LogP contribution in [-0.4, -0.2) is 153 Å². The zero-order valence-corrected chi connectivity index (χ0v) is 26.2. The molecule has 268 valence electrons. The highest BCUT2D eigenvalue weighted by molar-refractivity contribution is 6.21. The van der Waals surface area contributed by atoms with E-state index >= 15 is 0 Å². The maximum Gasteiger partial charge on any atom is 0.261 e. The van der Waals surface area contributed by atoms with Crippen LogP contribution in [0.4, 0.5) is 0 Å². The number of amides is 3. The first kappa shape index (κ1) is 36.6. The highest BCUT2D eigenvalue weighted by Gasteiger charge is 2.51. The number of aliphatic hydroxyl groups excluding tert-OH is 5. The summed E-state index contributed by atoms with van der Waals surface area (Å²) in [5.41, 5.74) is 24.8. The van der Waals surface area contributed by atoms with Crippen molar-refractivity contribution >= 4 is 17.7 Å². The average Bonchev–Trinajstić information content (AvgIpc) is 3.32. The molecule has 1 saturated carbocycles. The van der Waals surface area contributed by atoms with Crippen molar-refractivity contribution in [2.45, 2.75) is 111 Å². The molecular weight excluding hydrogens is 636 g/mol. The predicted molar refractivity (Wildman–Crippen MR) is 163 cm³/mol. The van der Waals surface area contributed by atoms with E-state index in [9.17, 15) is 39.9 Å². The van der Waals surface area contributed by atoms with Crippen LogP contribution in [0.3, 0.4) is 0 Å². The average molecular weight is 683 g/mol. The molecule has 4 aliphatic rings. The van der Waals surface area contributed by atoms with Gasteiger partial charge in [-0.25, -0.2) is 0 Å². The largest absolute Gasteiger partial charge is 0.394 e. The fraction of sp³-hybridized carbons (Fsp3) is 0.700. The first-order valence-electron chi connectivity index (χ1n) is 16.0. The van der Waals surface area contributed by atoms with Crippen LogP contribution >= 0.6 is 0 Å². The summed E-state index contributed by atoms with van der Waals surface area (Å²) in [7, 11) is 0. The number of nitrogens with two attached hydrogens (primary N) is 4. The number of nitrogens with zero attached hydrogens (tertiary/aromatic N) is 1. The van der Waals surface area contributed by atoms with Crippen molar-refractivity contribution < 1.29 is 58.9 Å². The van der Waals surface area contributed by atoms with Crippen LogP contribution in [-0.2, 0) is 23.7 Å². The van der Waals surface area contributed by atoms with E-state index in [-0.39, 0.29) is 43.2 Å². The molecule has 1 aliphatic carbocycles. The van der Waals surface area contributed by atoms with Crippen LogP contribution in [0.25, 0.3) is 0 Å². The number of imide groups is 1. The summed E-state index contributed by atoms with van der Waals surface area (Å²) in [5, 5.41) is 55.7. The monoisotopic (exact) mass is 682 g/mol. The normalized spacial score (nSPS) is 39.3. The number of benzene rings is 1. The van der Waals surface area contributed by atoms with Crippen molar-refractivity contribution in [2.75, 3.05) is 19.7 Å². The number of nitrogens with one attached hydrogen (secondary N) is 1. The molecule has 3 fully saturated rings. The molecule has 3 amide bonds. The molecule has 14 N–H and O–H groups in total. The molecule has 14 atom stereocenters. The predicted octanol–water partition coefficient (Wildman–Crippen LogP) is -5.06. The van der Waals surface area contributed by atoms with E-state index in [1.165, 1.54) is 12.1 Å². The molecule has 5 rings (SSSR count). The van der Waals surface area contributed by atoms with Crippen molar-refractivity contribution in [1.29, 1.82) is 0 Å². The standard InChI is InChI=1S/C30H46N6O12/c31-10-12-5-6-15(32)29(45-12)47-24-16(33)9-17(25(23(24)41)48-30-22(40)20(34)21(39)19(11-37)46-30)35-26(42)18(38)7-8-36-27(43)13-3-1-2-4-14(13)28(36)44/h1-4,12,15-25,29-30,37-41H,5-11,31-34H2,(H,35,42)/t12?,15-,16?,17?,18?,19?,20?,21-,22-,23-,24?,25+,29+,30-/m0/s1. The lowest BCUT2D eigenvalue weighted by Crippen LogP contribution is -2.69. The van der Waals surface area contributed by atoms with E-state index in [4.69, 9.17) is 41.9 Å². The minimum atomic E-state index is -1.70. The number of fused-ring (bicyclic) bond motifs is 1. The summed E-state index contributed by atoms with van der Waals surface area (Å²) >= 11 is 0. The van der Waals surface area contributed by atoms with E-state index in [1.54, 1.807) is 12.1 Å². The van der Waals surface area contributed by atoms with Crippen LogP contribution in [0.15, 0.2) is 24.3 Å². The Hall–Kier alpha value is -2.69. The molecule has 0 radical (unpaired) electrons. The van der Waals surface area contributed by atoms with E-state index in [0.717, 1.165) is 4.90 Å². The lowest BCUT2D eigenvalue weighted by molar-refractivity contribution is -0.314. The molecule has 3 aliphatic heterocycles. The Morgan fingerprint density at radius 3 is 2.21 bits per heavy atom. The molecule has 48 heavy (non-hydrogen) atoms. The van der Waals surface area contributed by atoms with Crippen LogP contribution in [0.1, 0.15) is 46.4 Å². The maximum absolute atomic E-state index is 13.2. The zero-order chi connectivity index (χ0) is 34.9. The summed E-state index contributed by atoms with van der Waals surface area (Å²) in [6.07, 6.45) is -12.3. The van der Waals surface area contributed by atoms with Gasteiger partial charge in [0, 0.05) is 25.6 Å². The van der Waals surface area contributed by atoms with Crippen LogP contribution < -0.4 is 28.3 Å². The Kier molecular flexibility index (Phi) is 11.8. The zero-order valence-electron chi connectivity index (χ0n) is 26.2. The Morgan fingerprint density at radius 1 is 0.938 bits per heavy atom. The van der Waals surface area contributed by atoms with Crippen LogP contribution in [0.5, 0.6) is 0 Å². The minimum absolute atomic E-state index is 0.0769. The molecule has 0 bridgehead atoms. The highest BCUT2D eigenvalue weighted by atomic mass is 16.7. The van der Waals surface area contributed by atoms with Crippen molar-refractivity contribution in [1.82, 2.24) is 10.2 Å². The summed E-state index contributed by atoms with van der Waals surface area (Å²) in [5.74, 6) is -2.00. The second-order valence-corrected chi connectivity index (χ2v) is 12.7. The summed E-state index contributed by atoms with van der Waals surface area (Å²) < 4.78 is 23.5. The fourth-order valence-corrected chi connectivity index (χ4v) is 6.56. The van der Waals surface area contributed by atoms with Crippen molar-refractivity contribution in [3.8, 4) is 0 Å². The minimum Gasteiger partial charge on any atom is -0.394 e. The van der Waals surface area contributed by atoms with E-state index in [2.05, 4.69) is 5.32 Å². The molecule has 3 heterocycles. The Labute approximate surface area is 276 Å². The van der Waals surface area contributed by atoms with E-state index in [1.807, 2.05) is 0 Å². The van der Waals surface area contributed by atoms with Gasteiger partial charge in [-0.2, -0.15) is 0 Å². The summed E-state index contributed by atoms with van der Waals surface area (Å²) in [4.78, 5) is 39.6. The lowest BCUT2D eigenvalue weighted by Gasteiger charge is -2.48. The molecule has 1 aromatic rings. The van der Waals surface area contributed by atoms with E-state index in [0.29, 0.717) is 12.8 Å². The number of rotatable bonds is 11. The molecule has 18 heteroatoms. The molecule has 18 nitrogen and oxygen atoms in total. The first-order chi connectivity index (χ1) is 22.9. The van der Waals surface area contributed by atoms with Gasteiger partial charge in [0.25, 0.3) is 11.8 Å². The maximum atomic E-state index is 13.2. The summed E-state index contributed by atoms with van der Waals surface area (Å²) in [6.45, 7) is -0.695. The van der Waals surface area contributed by atoms with Gasteiger partial charge in [-0.1, -0.05) is 12.1 Å². The smallest absolute Gasteiger partial charge is 0.261 e. The molecule has 7 unspecified atom stereocenters. The topological polar surface area (TPSA) is 309 Å². The Balaban J connectivity index is 1.30. The SMILES string of the molecule is NCC1CC[C@H](N)[C@@H](OC2C(N)CC(NC(=O)C(O)CCN3C(=O)c4ccccc4C3=O)[C@@H](O[C@@H]3OC(CO)[C@H](O)C(N)[C@@H]3O)[C@H]2O)O1. The van der Waals surface area contributed by atoms with Gasteiger partial charge >= 0.3 is 0 Å². The van der Waals surface area contributed by atoms with Gasteiger partial charge in [-0.15, -0.1) is 0 Å². The first-order valence-corrected chi connectivity index (χ1v) is 16.0. The van der Waals surface area contributed by atoms with Crippen LogP contribution in [0.2, 0.25) is 0 Å². The second-order valence-electron chi connectivity index (χ2n) is 12.7. The Bertz CT molecular complexity index is 1270. The van der Waals surface area contributed by atoms with Crippen molar-refractivity contribution in [2.24, 2.45) is 22.9 Å². The molecular formula is C30H46N6O12. The van der Waals surface area contributed by atoms with Gasteiger partial charge in [0.15, 0.2) is 12.6 Å². The fourth-order valence-electron chi connectivity index (χ4n) is 6.56.